The molecule has 0 aliphatic heterocycles. The first-order valence-corrected chi connectivity index (χ1v) is 7.40. The molecule has 1 aromatic heterocycles. The summed E-state index contributed by atoms with van der Waals surface area (Å²) < 4.78 is 4.96. The highest BCUT2D eigenvalue weighted by molar-refractivity contribution is 5.96. The number of pyridine rings is 1. The SMILES string of the molecule is CCCCCN(CCOC)C(=O)c1[nH]cc(C(=O)O)c(=O)c1O. The van der Waals surface area contributed by atoms with Gasteiger partial charge in [-0.2, -0.15) is 0 Å². The van der Waals surface area contributed by atoms with E-state index in [1.165, 1.54) is 12.0 Å². The molecule has 8 nitrogen and oxygen atoms in total. The number of aromatic carboxylic acids is 1. The Bertz CT molecular complexity index is 610. The molecule has 128 valence electrons. The molecule has 0 fully saturated rings. The summed E-state index contributed by atoms with van der Waals surface area (Å²) >= 11 is 0. The summed E-state index contributed by atoms with van der Waals surface area (Å²) in [6.07, 6.45) is 3.63. The Balaban J connectivity index is 3.05. The number of carbonyl (C=O) groups is 2. The van der Waals surface area contributed by atoms with Gasteiger partial charge in [0.1, 0.15) is 5.56 Å². The zero-order valence-electron chi connectivity index (χ0n) is 13.3. The maximum absolute atomic E-state index is 12.5. The molecule has 1 amide bonds. The van der Waals surface area contributed by atoms with Crippen LogP contribution >= 0.6 is 0 Å². The van der Waals surface area contributed by atoms with Crippen molar-refractivity contribution >= 4 is 11.9 Å². The predicted octanol–water partition coefficient (Wildman–Crippen LogP) is 1.06. The van der Waals surface area contributed by atoms with Crippen LogP contribution in [0.5, 0.6) is 5.75 Å². The predicted molar refractivity (Wildman–Crippen MR) is 83.0 cm³/mol. The number of carbonyl (C=O) groups excluding carboxylic acids is 1. The van der Waals surface area contributed by atoms with E-state index in [1.54, 1.807) is 0 Å². The topological polar surface area (TPSA) is 120 Å². The molecule has 3 N–H and O–H groups in total. The number of methoxy groups -OCH3 is 1. The van der Waals surface area contributed by atoms with Crippen LogP contribution in [-0.2, 0) is 4.74 Å². The highest BCUT2D eigenvalue weighted by atomic mass is 16.5. The lowest BCUT2D eigenvalue weighted by Crippen LogP contribution is -2.36. The van der Waals surface area contributed by atoms with Gasteiger partial charge in [0, 0.05) is 26.4 Å². The summed E-state index contributed by atoms with van der Waals surface area (Å²) in [7, 11) is 1.51. The monoisotopic (exact) mass is 326 g/mol. The van der Waals surface area contributed by atoms with Gasteiger partial charge in [-0.05, 0) is 6.42 Å². The number of rotatable bonds is 9. The highest BCUT2D eigenvalue weighted by Gasteiger charge is 2.23. The largest absolute Gasteiger partial charge is 0.503 e. The molecule has 1 aromatic rings. The Kier molecular flexibility index (Phi) is 7.27. The van der Waals surface area contributed by atoms with Gasteiger partial charge in [-0.15, -0.1) is 0 Å². The van der Waals surface area contributed by atoms with E-state index in [4.69, 9.17) is 9.84 Å². The van der Waals surface area contributed by atoms with Gasteiger partial charge < -0.3 is 24.8 Å². The first-order chi connectivity index (χ1) is 10.9. The van der Waals surface area contributed by atoms with Gasteiger partial charge in [0.25, 0.3) is 5.91 Å². The van der Waals surface area contributed by atoms with Crippen LogP contribution < -0.4 is 5.43 Å². The summed E-state index contributed by atoms with van der Waals surface area (Å²) in [6.45, 7) is 3.12. The molecular formula is C15H22N2O6. The van der Waals surface area contributed by atoms with E-state index in [0.29, 0.717) is 19.7 Å². The highest BCUT2D eigenvalue weighted by Crippen LogP contribution is 2.13. The van der Waals surface area contributed by atoms with Crippen LogP contribution in [0.1, 0.15) is 47.0 Å². The van der Waals surface area contributed by atoms with E-state index in [-0.39, 0.29) is 5.69 Å². The fourth-order valence-electron chi connectivity index (χ4n) is 2.07. The minimum absolute atomic E-state index is 0.307. The van der Waals surface area contributed by atoms with Crippen LogP contribution in [0, 0.1) is 0 Å². The van der Waals surface area contributed by atoms with Crippen molar-refractivity contribution in [2.75, 3.05) is 26.8 Å². The first kappa shape index (κ1) is 18.7. The molecule has 0 aromatic carbocycles. The molecule has 0 saturated carbocycles. The van der Waals surface area contributed by atoms with Crippen LogP contribution in [0.2, 0.25) is 0 Å². The lowest BCUT2D eigenvalue weighted by Gasteiger charge is -2.22. The van der Waals surface area contributed by atoms with Crippen LogP contribution in [0.25, 0.3) is 0 Å². The number of nitrogens with zero attached hydrogens (tertiary/aromatic N) is 1. The molecule has 23 heavy (non-hydrogen) atoms. The lowest BCUT2D eigenvalue weighted by atomic mass is 10.2. The zero-order chi connectivity index (χ0) is 17.4. The van der Waals surface area contributed by atoms with Crippen molar-refractivity contribution in [3.05, 3.63) is 27.7 Å². The summed E-state index contributed by atoms with van der Waals surface area (Å²) in [4.78, 5) is 39.0. The number of carboxylic acid groups (broad SMARTS) is 1. The summed E-state index contributed by atoms with van der Waals surface area (Å²) in [6, 6.07) is 0. The average molecular weight is 326 g/mol. The minimum Gasteiger partial charge on any atom is -0.503 e. The number of ether oxygens (including phenoxy) is 1. The Morgan fingerprint density at radius 3 is 2.57 bits per heavy atom. The van der Waals surface area contributed by atoms with Crippen molar-refractivity contribution in [2.24, 2.45) is 0 Å². The van der Waals surface area contributed by atoms with Crippen molar-refractivity contribution < 1.29 is 24.5 Å². The number of carboxylic acids is 1. The second-order valence-electron chi connectivity index (χ2n) is 5.05. The third-order valence-corrected chi connectivity index (χ3v) is 3.39. The van der Waals surface area contributed by atoms with Gasteiger partial charge in [-0.25, -0.2) is 4.79 Å². The number of H-pyrrole nitrogens is 1. The third-order valence-electron chi connectivity index (χ3n) is 3.39. The van der Waals surface area contributed by atoms with Crippen molar-refractivity contribution in [1.82, 2.24) is 9.88 Å². The smallest absolute Gasteiger partial charge is 0.341 e. The van der Waals surface area contributed by atoms with E-state index in [9.17, 15) is 19.5 Å². The Morgan fingerprint density at radius 1 is 1.30 bits per heavy atom. The second-order valence-corrected chi connectivity index (χ2v) is 5.05. The molecule has 0 saturated heterocycles. The summed E-state index contributed by atoms with van der Waals surface area (Å²) in [5.41, 5.74) is -2.01. The van der Waals surface area contributed by atoms with Gasteiger partial charge in [0.2, 0.25) is 5.43 Å². The number of aromatic nitrogens is 1. The number of amides is 1. The first-order valence-electron chi connectivity index (χ1n) is 7.40. The van der Waals surface area contributed by atoms with Crippen molar-refractivity contribution in [3.63, 3.8) is 0 Å². The van der Waals surface area contributed by atoms with Crippen molar-refractivity contribution in [3.8, 4) is 5.75 Å². The second kappa shape index (κ2) is 8.94. The molecule has 0 bridgehead atoms. The Labute approximate surface area is 133 Å². The van der Waals surface area contributed by atoms with Crippen molar-refractivity contribution in [2.45, 2.75) is 26.2 Å². The van der Waals surface area contributed by atoms with Crippen LogP contribution in [-0.4, -0.2) is 58.8 Å². The number of aromatic hydroxyl groups is 1. The summed E-state index contributed by atoms with van der Waals surface area (Å²) in [5, 5.41) is 18.7. The van der Waals surface area contributed by atoms with E-state index >= 15 is 0 Å². The molecule has 1 rings (SSSR count). The minimum atomic E-state index is -1.47. The molecule has 0 aliphatic carbocycles. The molecule has 0 unspecified atom stereocenters. The molecule has 1 heterocycles. The standard InChI is InChI=1S/C15H22N2O6/c1-3-4-5-6-17(7-8-23-2)14(20)11-13(19)12(18)10(9-16-11)15(21)22/h9,19H,3-8H2,1-2H3,(H,16,18)(H,21,22). The summed E-state index contributed by atoms with van der Waals surface area (Å²) in [5.74, 6) is -2.92. The van der Waals surface area contributed by atoms with Crippen LogP contribution in [0.4, 0.5) is 0 Å². The van der Waals surface area contributed by atoms with Gasteiger partial charge in [0.15, 0.2) is 11.4 Å². The average Bonchev–Trinajstić information content (AvgIpc) is 2.52. The van der Waals surface area contributed by atoms with Crippen LogP contribution in [0.15, 0.2) is 11.0 Å². The fraction of sp³-hybridized carbons (Fsp3) is 0.533. The van der Waals surface area contributed by atoms with E-state index in [1.807, 2.05) is 6.92 Å². The quantitative estimate of drug-likeness (QED) is 0.584. The molecule has 8 heteroatoms. The van der Waals surface area contributed by atoms with Crippen LogP contribution in [0.3, 0.4) is 0 Å². The molecular weight excluding hydrogens is 304 g/mol. The van der Waals surface area contributed by atoms with E-state index in [0.717, 1.165) is 25.5 Å². The number of hydrogen-bond donors (Lipinski definition) is 3. The van der Waals surface area contributed by atoms with Gasteiger partial charge >= 0.3 is 5.97 Å². The molecule has 0 aliphatic rings. The van der Waals surface area contributed by atoms with E-state index in [2.05, 4.69) is 4.98 Å². The maximum Gasteiger partial charge on any atom is 0.341 e. The van der Waals surface area contributed by atoms with Gasteiger partial charge in [-0.3, -0.25) is 9.59 Å². The van der Waals surface area contributed by atoms with Gasteiger partial charge in [0.05, 0.1) is 6.61 Å². The third kappa shape index (κ3) is 4.82. The van der Waals surface area contributed by atoms with E-state index < -0.39 is 28.6 Å². The number of nitrogens with one attached hydrogen (secondary N) is 1. The molecule has 0 spiro atoms. The van der Waals surface area contributed by atoms with Gasteiger partial charge in [-0.1, -0.05) is 19.8 Å². The molecule has 0 atom stereocenters. The Morgan fingerprint density at radius 2 is 2.00 bits per heavy atom. The normalized spacial score (nSPS) is 10.5. The number of unbranched alkanes of at least 4 members (excludes halogenated alkanes) is 2. The lowest BCUT2D eigenvalue weighted by molar-refractivity contribution is 0.0671. The maximum atomic E-state index is 12.5. The fourth-order valence-corrected chi connectivity index (χ4v) is 2.07. The molecule has 0 radical (unpaired) electrons. The number of hydrogen-bond acceptors (Lipinski definition) is 5. The van der Waals surface area contributed by atoms with Crippen molar-refractivity contribution in [1.29, 1.82) is 0 Å². The zero-order valence-corrected chi connectivity index (χ0v) is 13.3. The number of aromatic amines is 1. The Hall–Kier alpha value is -2.35.